The van der Waals surface area contributed by atoms with Gasteiger partial charge in [-0.25, -0.2) is 0 Å². The van der Waals surface area contributed by atoms with Gasteiger partial charge in [0, 0.05) is 10.7 Å². The number of hydrogen-bond donors (Lipinski definition) is 1. The van der Waals surface area contributed by atoms with E-state index in [-0.39, 0.29) is 5.57 Å². The number of nitrogens with one attached hydrogen (secondary N) is 1. The number of amides is 1. The lowest BCUT2D eigenvalue weighted by molar-refractivity contribution is -0.112. The summed E-state index contributed by atoms with van der Waals surface area (Å²) in [7, 11) is 0. The van der Waals surface area contributed by atoms with Crippen LogP contribution >= 0.6 is 11.6 Å². The van der Waals surface area contributed by atoms with E-state index in [2.05, 4.69) is 5.32 Å². The highest BCUT2D eigenvalue weighted by Gasteiger charge is 2.11. The number of ether oxygens (including phenoxy) is 3. The van der Waals surface area contributed by atoms with Gasteiger partial charge in [-0.2, -0.15) is 5.26 Å². The number of aryl methyl sites for hydroxylation is 1. The molecule has 0 radical (unpaired) electrons. The fourth-order valence-corrected chi connectivity index (χ4v) is 3.17. The minimum Gasteiger partial charge on any atom is -0.490 e. The average molecular weight is 477 g/mol. The molecule has 6 nitrogen and oxygen atoms in total. The van der Waals surface area contributed by atoms with Crippen LogP contribution in [0.25, 0.3) is 6.08 Å². The SMILES string of the molecule is CCOc1cc(/C=C(\C#N)C(=O)Nc2ccccc2)ccc1OCCOc1ccc(Cl)c(C)c1. The summed E-state index contributed by atoms with van der Waals surface area (Å²) in [6.45, 7) is 4.86. The summed E-state index contributed by atoms with van der Waals surface area (Å²) in [4.78, 5) is 12.5. The van der Waals surface area contributed by atoms with Gasteiger partial charge < -0.3 is 19.5 Å². The number of carbonyl (C=O) groups is 1. The zero-order valence-electron chi connectivity index (χ0n) is 19.0. The van der Waals surface area contributed by atoms with Crippen LogP contribution in [0, 0.1) is 18.3 Å². The lowest BCUT2D eigenvalue weighted by Gasteiger charge is -2.13. The molecule has 0 saturated heterocycles. The highest BCUT2D eigenvalue weighted by atomic mass is 35.5. The molecule has 0 spiro atoms. The van der Waals surface area contributed by atoms with Crippen LogP contribution < -0.4 is 19.5 Å². The number of nitrogens with zero attached hydrogens (tertiary/aromatic N) is 1. The van der Waals surface area contributed by atoms with Crippen LogP contribution in [0.2, 0.25) is 5.02 Å². The molecule has 0 atom stereocenters. The van der Waals surface area contributed by atoms with Crippen molar-refractivity contribution >= 4 is 29.3 Å². The number of anilines is 1. The Morgan fingerprint density at radius 3 is 2.47 bits per heavy atom. The first-order chi connectivity index (χ1) is 16.5. The summed E-state index contributed by atoms with van der Waals surface area (Å²) in [5, 5.41) is 12.9. The molecule has 0 unspecified atom stereocenters. The molecule has 3 rings (SSSR count). The van der Waals surface area contributed by atoms with Gasteiger partial charge in [-0.05, 0) is 73.5 Å². The van der Waals surface area contributed by atoms with Gasteiger partial charge >= 0.3 is 0 Å². The highest BCUT2D eigenvalue weighted by Crippen LogP contribution is 2.29. The van der Waals surface area contributed by atoms with Gasteiger partial charge in [0.2, 0.25) is 0 Å². The molecular weight excluding hydrogens is 452 g/mol. The molecule has 0 bridgehead atoms. The largest absolute Gasteiger partial charge is 0.490 e. The molecule has 174 valence electrons. The van der Waals surface area contributed by atoms with E-state index in [0.29, 0.717) is 53.3 Å². The molecule has 3 aromatic rings. The lowest BCUT2D eigenvalue weighted by atomic mass is 10.1. The quantitative estimate of drug-likeness (QED) is 0.219. The monoisotopic (exact) mass is 476 g/mol. The Hall–Kier alpha value is -3.95. The zero-order valence-corrected chi connectivity index (χ0v) is 19.8. The summed E-state index contributed by atoms with van der Waals surface area (Å²) < 4.78 is 17.3. The molecule has 0 saturated carbocycles. The fourth-order valence-electron chi connectivity index (χ4n) is 3.06. The maximum Gasteiger partial charge on any atom is 0.266 e. The molecule has 0 aliphatic carbocycles. The van der Waals surface area contributed by atoms with Crippen molar-refractivity contribution in [3.05, 3.63) is 88.5 Å². The van der Waals surface area contributed by atoms with E-state index in [1.807, 2.05) is 38.1 Å². The molecule has 1 amide bonds. The fraction of sp³-hybridized carbons (Fsp3) is 0.185. The molecule has 34 heavy (non-hydrogen) atoms. The summed E-state index contributed by atoms with van der Waals surface area (Å²) in [6, 6.07) is 21.6. The van der Waals surface area contributed by atoms with Crippen molar-refractivity contribution < 1.29 is 19.0 Å². The molecule has 0 aliphatic rings. The van der Waals surface area contributed by atoms with Crippen molar-refractivity contribution in [1.82, 2.24) is 0 Å². The molecule has 0 fully saturated rings. The topological polar surface area (TPSA) is 80.6 Å². The summed E-state index contributed by atoms with van der Waals surface area (Å²) in [5.41, 5.74) is 2.18. The number of carbonyl (C=O) groups excluding carboxylic acids is 1. The molecule has 0 heterocycles. The second kappa shape index (κ2) is 12.3. The smallest absolute Gasteiger partial charge is 0.266 e. The van der Waals surface area contributed by atoms with Crippen molar-refractivity contribution in [1.29, 1.82) is 5.26 Å². The third kappa shape index (κ3) is 7.03. The predicted molar refractivity (Wildman–Crippen MR) is 133 cm³/mol. The van der Waals surface area contributed by atoms with Gasteiger partial charge in [0.1, 0.15) is 30.6 Å². The van der Waals surface area contributed by atoms with Crippen LogP contribution in [0.3, 0.4) is 0 Å². The Bertz CT molecular complexity index is 1200. The van der Waals surface area contributed by atoms with Crippen LogP contribution in [0.4, 0.5) is 5.69 Å². The number of benzene rings is 3. The van der Waals surface area contributed by atoms with E-state index >= 15 is 0 Å². The summed E-state index contributed by atoms with van der Waals surface area (Å²) in [5.74, 6) is 1.29. The van der Waals surface area contributed by atoms with Gasteiger partial charge in [-0.15, -0.1) is 0 Å². The maximum absolute atomic E-state index is 12.5. The Balaban J connectivity index is 1.65. The standard InChI is InChI=1S/C27H25ClN2O4/c1-3-32-26-17-20(16-21(18-29)27(31)30-22-7-5-4-6-8-22)9-12-25(26)34-14-13-33-23-10-11-24(28)19(2)15-23/h4-12,15-17H,3,13-14H2,1-2H3,(H,30,31)/b21-16+. The molecular formula is C27H25ClN2O4. The maximum atomic E-state index is 12.5. The van der Waals surface area contributed by atoms with Gasteiger partial charge in [0.05, 0.1) is 6.61 Å². The average Bonchev–Trinajstić information content (AvgIpc) is 2.84. The Morgan fingerprint density at radius 2 is 1.76 bits per heavy atom. The van der Waals surface area contributed by atoms with Crippen molar-refractivity contribution in [2.75, 3.05) is 25.1 Å². The van der Waals surface area contributed by atoms with Gasteiger partial charge in [-0.1, -0.05) is 35.9 Å². The predicted octanol–water partition coefficient (Wildman–Crippen LogP) is 6.05. The molecule has 0 aromatic heterocycles. The van der Waals surface area contributed by atoms with Crippen LogP contribution in [-0.2, 0) is 4.79 Å². The van der Waals surface area contributed by atoms with Crippen molar-refractivity contribution in [2.24, 2.45) is 0 Å². The van der Waals surface area contributed by atoms with Gasteiger partial charge in [0.25, 0.3) is 5.91 Å². The molecule has 3 aromatic carbocycles. The van der Waals surface area contributed by atoms with Crippen molar-refractivity contribution in [3.8, 4) is 23.3 Å². The summed E-state index contributed by atoms with van der Waals surface area (Å²) >= 11 is 6.04. The zero-order chi connectivity index (χ0) is 24.3. The minimum atomic E-state index is -0.485. The second-order valence-corrected chi connectivity index (χ2v) is 7.64. The van der Waals surface area contributed by atoms with Crippen molar-refractivity contribution in [2.45, 2.75) is 13.8 Å². The summed E-state index contributed by atoms with van der Waals surface area (Å²) in [6.07, 6.45) is 1.51. The molecule has 7 heteroatoms. The Kier molecular flexibility index (Phi) is 8.96. The third-order valence-corrected chi connectivity index (χ3v) is 5.14. The minimum absolute atomic E-state index is 0.0216. The second-order valence-electron chi connectivity index (χ2n) is 7.24. The normalized spacial score (nSPS) is 10.8. The van der Waals surface area contributed by atoms with Crippen LogP contribution in [-0.4, -0.2) is 25.7 Å². The first kappa shape index (κ1) is 24.7. The number of nitriles is 1. The third-order valence-electron chi connectivity index (χ3n) is 4.71. The van der Waals surface area contributed by atoms with E-state index in [0.717, 1.165) is 5.56 Å². The van der Waals surface area contributed by atoms with Crippen LogP contribution in [0.5, 0.6) is 17.2 Å². The lowest BCUT2D eigenvalue weighted by Crippen LogP contribution is -2.13. The van der Waals surface area contributed by atoms with E-state index in [1.54, 1.807) is 48.5 Å². The number of halogens is 1. The number of hydrogen-bond acceptors (Lipinski definition) is 5. The van der Waals surface area contributed by atoms with Gasteiger partial charge in [0.15, 0.2) is 11.5 Å². The van der Waals surface area contributed by atoms with E-state index in [9.17, 15) is 10.1 Å². The number of rotatable bonds is 10. The van der Waals surface area contributed by atoms with E-state index < -0.39 is 5.91 Å². The van der Waals surface area contributed by atoms with Crippen molar-refractivity contribution in [3.63, 3.8) is 0 Å². The van der Waals surface area contributed by atoms with E-state index in [1.165, 1.54) is 6.08 Å². The van der Waals surface area contributed by atoms with E-state index in [4.69, 9.17) is 25.8 Å². The van der Waals surface area contributed by atoms with Crippen LogP contribution in [0.15, 0.2) is 72.3 Å². The molecule has 0 aliphatic heterocycles. The highest BCUT2D eigenvalue weighted by molar-refractivity contribution is 6.31. The number of para-hydroxylation sites is 1. The molecule has 1 N–H and O–H groups in total. The van der Waals surface area contributed by atoms with Crippen LogP contribution in [0.1, 0.15) is 18.1 Å². The van der Waals surface area contributed by atoms with Gasteiger partial charge in [-0.3, -0.25) is 4.79 Å². The Morgan fingerprint density at radius 1 is 1.00 bits per heavy atom. The Labute approximate surface area is 204 Å². The first-order valence-corrected chi connectivity index (χ1v) is 11.1. The first-order valence-electron chi connectivity index (χ1n) is 10.8.